The molecule has 1 aromatic heterocycles. The van der Waals surface area contributed by atoms with Gasteiger partial charge in [0.2, 0.25) is 0 Å². The molecule has 0 radical (unpaired) electrons. The zero-order chi connectivity index (χ0) is 11.9. The summed E-state index contributed by atoms with van der Waals surface area (Å²) in [5, 5.41) is 7.67. The largest absolute Gasteiger partial charge is 0.317 e. The van der Waals surface area contributed by atoms with E-state index < -0.39 is 0 Å². The molecule has 1 fully saturated rings. The summed E-state index contributed by atoms with van der Waals surface area (Å²) in [6, 6.07) is 1.99. The second-order valence-corrected chi connectivity index (χ2v) is 4.89. The highest BCUT2D eigenvalue weighted by molar-refractivity contribution is 4.79. The summed E-state index contributed by atoms with van der Waals surface area (Å²) in [5.74, 6) is 0.861. The standard InChI is InChI=1S/C13H24N4/c1-2-14-11-13-5-10-16(12-13)7-4-9-17-8-3-6-15-17/h3,6,8,13-14H,2,4-5,7,9-12H2,1H3. The number of nitrogens with one attached hydrogen (secondary N) is 1. The van der Waals surface area contributed by atoms with Gasteiger partial charge >= 0.3 is 0 Å². The average Bonchev–Trinajstić information content (AvgIpc) is 2.98. The van der Waals surface area contributed by atoms with Crippen molar-refractivity contribution >= 4 is 0 Å². The monoisotopic (exact) mass is 236 g/mol. The number of hydrogen-bond donors (Lipinski definition) is 1. The molecule has 0 amide bonds. The van der Waals surface area contributed by atoms with Gasteiger partial charge in [-0.05, 0) is 51.0 Å². The van der Waals surface area contributed by atoms with Gasteiger partial charge in [-0.25, -0.2) is 0 Å². The van der Waals surface area contributed by atoms with Crippen LogP contribution in [-0.4, -0.2) is 47.4 Å². The van der Waals surface area contributed by atoms with Crippen molar-refractivity contribution in [2.24, 2.45) is 5.92 Å². The van der Waals surface area contributed by atoms with Gasteiger partial charge in [0, 0.05) is 25.5 Å². The first-order chi connectivity index (χ1) is 8.38. The van der Waals surface area contributed by atoms with Crippen molar-refractivity contribution in [2.75, 3.05) is 32.7 Å². The maximum Gasteiger partial charge on any atom is 0.0489 e. The molecule has 1 aliphatic rings. The van der Waals surface area contributed by atoms with Crippen molar-refractivity contribution in [2.45, 2.75) is 26.3 Å². The lowest BCUT2D eigenvalue weighted by Gasteiger charge is -2.16. The van der Waals surface area contributed by atoms with Gasteiger partial charge in [0.1, 0.15) is 0 Å². The van der Waals surface area contributed by atoms with Gasteiger partial charge in [-0.3, -0.25) is 4.68 Å². The Morgan fingerprint density at radius 2 is 2.35 bits per heavy atom. The Morgan fingerprint density at radius 1 is 1.41 bits per heavy atom. The van der Waals surface area contributed by atoms with Crippen molar-refractivity contribution in [1.82, 2.24) is 20.0 Å². The maximum absolute atomic E-state index is 4.22. The molecule has 1 unspecified atom stereocenters. The summed E-state index contributed by atoms with van der Waals surface area (Å²) < 4.78 is 2.02. The number of hydrogen-bond acceptors (Lipinski definition) is 3. The zero-order valence-corrected chi connectivity index (χ0v) is 10.8. The van der Waals surface area contributed by atoms with Gasteiger partial charge in [-0.15, -0.1) is 0 Å². The van der Waals surface area contributed by atoms with Crippen LogP contribution in [0.4, 0.5) is 0 Å². The molecule has 4 nitrogen and oxygen atoms in total. The van der Waals surface area contributed by atoms with E-state index in [1.165, 1.54) is 39.0 Å². The molecule has 1 aliphatic heterocycles. The Labute approximate surface area is 104 Å². The summed E-state index contributed by atoms with van der Waals surface area (Å²) in [4.78, 5) is 2.59. The number of aryl methyl sites for hydroxylation is 1. The van der Waals surface area contributed by atoms with Gasteiger partial charge in [0.15, 0.2) is 0 Å². The van der Waals surface area contributed by atoms with E-state index in [1.807, 2.05) is 23.1 Å². The van der Waals surface area contributed by atoms with E-state index in [4.69, 9.17) is 0 Å². The second kappa shape index (κ2) is 6.77. The highest BCUT2D eigenvalue weighted by Crippen LogP contribution is 2.15. The van der Waals surface area contributed by atoms with E-state index in [2.05, 4.69) is 22.2 Å². The molecule has 0 aliphatic carbocycles. The first-order valence-corrected chi connectivity index (χ1v) is 6.79. The lowest BCUT2D eigenvalue weighted by atomic mass is 10.1. The molecule has 0 saturated carbocycles. The summed E-state index contributed by atoms with van der Waals surface area (Å²) in [6.07, 6.45) is 6.45. The van der Waals surface area contributed by atoms with E-state index in [0.717, 1.165) is 19.0 Å². The molecule has 1 saturated heterocycles. The SMILES string of the molecule is CCNCC1CCN(CCCn2cccn2)C1. The highest BCUT2D eigenvalue weighted by Gasteiger charge is 2.21. The van der Waals surface area contributed by atoms with Crippen LogP contribution in [0.1, 0.15) is 19.8 Å². The van der Waals surface area contributed by atoms with Crippen molar-refractivity contribution in [3.63, 3.8) is 0 Å². The number of aromatic nitrogens is 2. The minimum Gasteiger partial charge on any atom is -0.317 e. The minimum atomic E-state index is 0.861. The molecule has 96 valence electrons. The Bertz CT molecular complexity index is 296. The second-order valence-electron chi connectivity index (χ2n) is 4.89. The molecule has 1 atom stereocenters. The predicted octanol–water partition coefficient (Wildman–Crippen LogP) is 1.20. The average molecular weight is 236 g/mol. The van der Waals surface area contributed by atoms with Crippen molar-refractivity contribution in [3.05, 3.63) is 18.5 Å². The van der Waals surface area contributed by atoms with Crippen LogP contribution < -0.4 is 5.32 Å². The van der Waals surface area contributed by atoms with Crippen LogP contribution in [0.3, 0.4) is 0 Å². The fourth-order valence-corrected chi connectivity index (χ4v) is 2.52. The van der Waals surface area contributed by atoms with E-state index >= 15 is 0 Å². The van der Waals surface area contributed by atoms with E-state index in [9.17, 15) is 0 Å². The molecule has 1 aromatic rings. The summed E-state index contributed by atoms with van der Waals surface area (Å²) in [5.41, 5.74) is 0. The quantitative estimate of drug-likeness (QED) is 0.772. The van der Waals surface area contributed by atoms with Crippen molar-refractivity contribution in [1.29, 1.82) is 0 Å². The first-order valence-electron chi connectivity index (χ1n) is 6.79. The Balaban J connectivity index is 1.58. The lowest BCUT2D eigenvalue weighted by Crippen LogP contribution is -2.27. The summed E-state index contributed by atoms with van der Waals surface area (Å²) in [7, 11) is 0. The fourth-order valence-electron chi connectivity index (χ4n) is 2.52. The highest BCUT2D eigenvalue weighted by atomic mass is 15.3. The zero-order valence-electron chi connectivity index (χ0n) is 10.8. The molecule has 2 rings (SSSR count). The molecule has 2 heterocycles. The van der Waals surface area contributed by atoms with E-state index in [-0.39, 0.29) is 0 Å². The minimum absolute atomic E-state index is 0.861. The normalized spacial score (nSPS) is 21.1. The fraction of sp³-hybridized carbons (Fsp3) is 0.769. The predicted molar refractivity (Wildman–Crippen MR) is 69.9 cm³/mol. The molecule has 0 spiro atoms. The van der Waals surface area contributed by atoms with Gasteiger partial charge in [-0.2, -0.15) is 5.10 Å². The third-order valence-corrected chi connectivity index (χ3v) is 3.47. The summed E-state index contributed by atoms with van der Waals surface area (Å²) >= 11 is 0. The number of nitrogens with zero attached hydrogens (tertiary/aromatic N) is 3. The van der Waals surface area contributed by atoms with Crippen LogP contribution in [0.25, 0.3) is 0 Å². The van der Waals surface area contributed by atoms with Crippen LogP contribution in [0, 0.1) is 5.92 Å². The first kappa shape index (κ1) is 12.6. The lowest BCUT2D eigenvalue weighted by molar-refractivity contribution is 0.308. The van der Waals surface area contributed by atoms with Crippen LogP contribution in [0.15, 0.2) is 18.5 Å². The van der Waals surface area contributed by atoms with Gasteiger partial charge < -0.3 is 10.2 Å². The van der Waals surface area contributed by atoms with Crippen LogP contribution >= 0.6 is 0 Å². The smallest absolute Gasteiger partial charge is 0.0489 e. The van der Waals surface area contributed by atoms with E-state index in [1.54, 1.807) is 0 Å². The van der Waals surface area contributed by atoms with Crippen molar-refractivity contribution in [3.8, 4) is 0 Å². The third-order valence-electron chi connectivity index (χ3n) is 3.47. The van der Waals surface area contributed by atoms with Gasteiger partial charge in [0.25, 0.3) is 0 Å². The molecular formula is C13H24N4. The Kier molecular flexibility index (Phi) is 5.01. The summed E-state index contributed by atoms with van der Waals surface area (Å²) in [6.45, 7) is 9.25. The molecular weight excluding hydrogens is 212 g/mol. The Morgan fingerprint density at radius 3 is 3.12 bits per heavy atom. The maximum atomic E-state index is 4.22. The van der Waals surface area contributed by atoms with Gasteiger partial charge in [-0.1, -0.05) is 6.92 Å². The van der Waals surface area contributed by atoms with Gasteiger partial charge in [0.05, 0.1) is 0 Å². The number of likely N-dealkylation sites (tertiary alicyclic amines) is 1. The van der Waals surface area contributed by atoms with Crippen molar-refractivity contribution < 1.29 is 0 Å². The molecule has 4 heteroatoms. The van der Waals surface area contributed by atoms with Crippen LogP contribution in [-0.2, 0) is 6.54 Å². The number of rotatable bonds is 7. The Hall–Kier alpha value is -0.870. The molecule has 0 bridgehead atoms. The van der Waals surface area contributed by atoms with Crippen LogP contribution in [0.5, 0.6) is 0 Å². The molecule has 0 aromatic carbocycles. The third kappa shape index (κ3) is 4.13. The van der Waals surface area contributed by atoms with Crippen LogP contribution in [0.2, 0.25) is 0 Å². The van der Waals surface area contributed by atoms with E-state index in [0.29, 0.717) is 0 Å². The molecule has 1 N–H and O–H groups in total. The molecule has 17 heavy (non-hydrogen) atoms. The topological polar surface area (TPSA) is 33.1 Å².